The van der Waals surface area contributed by atoms with Crippen molar-refractivity contribution in [3.63, 3.8) is 0 Å². The van der Waals surface area contributed by atoms with Crippen molar-refractivity contribution in [3.05, 3.63) is 46.5 Å². The number of hydrogen-bond donors (Lipinski definition) is 1. The monoisotopic (exact) mass is 280 g/mol. The summed E-state index contributed by atoms with van der Waals surface area (Å²) in [6, 6.07) is 7.91. The minimum Gasteiger partial charge on any atom is -0.302 e. The van der Waals surface area contributed by atoms with Gasteiger partial charge in [0.25, 0.3) is 0 Å². The molecule has 1 N–H and O–H groups in total. The van der Waals surface area contributed by atoms with Crippen LogP contribution in [0.2, 0.25) is 0 Å². The smallest absolute Gasteiger partial charge is 0.230 e. The predicted octanol–water partition coefficient (Wildman–Crippen LogP) is 3.37. The Hall–Kier alpha value is -1.39. The molecule has 0 spiro atoms. The van der Waals surface area contributed by atoms with Crippen LogP contribution < -0.4 is 5.32 Å². The first kappa shape index (κ1) is 13.1. The van der Waals surface area contributed by atoms with Gasteiger partial charge in [-0.1, -0.05) is 29.8 Å². The summed E-state index contributed by atoms with van der Waals surface area (Å²) in [4.78, 5) is 16.0. The van der Waals surface area contributed by atoms with E-state index in [1.165, 1.54) is 11.3 Å². The second kappa shape index (κ2) is 5.98. The second-order valence-electron chi connectivity index (χ2n) is 3.99. The Morgan fingerprint density at radius 3 is 3.00 bits per heavy atom. The molecule has 1 aromatic heterocycles. The van der Waals surface area contributed by atoms with Gasteiger partial charge in [0.05, 0.1) is 18.0 Å². The molecule has 1 aromatic carbocycles. The number of thiazole rings is 1. The topological polar surface area (TPSA) is 42.0 Å². The highest BCUT2D eigenvalue weighted by atomic mass is 35.5. The second-order valence-corrected chi connectivity index (χ2v) is 5.12. The predicted molar refractivity (Wildman–Crippen MR) is 75.2 cm³/mol. The van der Waals surface area contributed by atoms with Gasteiger partial charge in [-0.15, -0.1) is 22.9 Å². The molecule has 0 bridgehead atoms. The third-order valence-corrected chi connectivity index (χ3v) is 3.46. The lowest BCUT2D eigenvalue weighted by molar-refractivity contribution is -0.115. The maximum absolute atomic E-state index is 11.8. The van der Waals surface area contributed by atoms with Crippen LogP contribution in [0.4, 0.5) is 5.13 Å². The van der Waals surface area contributed by atoms with E-state index in [0.717, 1.165) is 16.8 Å². The lowest BCUT2D eigenvalue weighted by atomic mass is 10.1. The lowest BCUT2D eigenvalue weighted by Crippen LogP contribution is -2.14. The van der Waals surface area contributed by atoms with Gasteiger partial charge in [0.2, 0.25) is 5.91 Å². The molecule has 1 amide bonds. The third-order valence-electron chi connectivity index (χ3n) is 2.38. The van der Waals surface area contributed by atoms with Crippen LogP contribution in [-0.2, 0) is 17.1 Å². The van der Waals surface area contributed by atoms with Gasteiger partial charge in [-0.25, -0.2) is 4.98 Å². The molecule has 94 valence electrons. The summed E-state index contributed by atoms with van der Waals surface area (Å²) < 4.78 is 0. The van der Waals surface area contributed by atoms with Crippen molar-refractivity contribution in [2.75, 3.05) is 5.32 Å². The number of benzene rings is 1. The Kier molecular flexibility index (Phi) is 4.33. The highest BCUT2D eigenvalue weighted by molar-refractivity contribution is 7.13. The molecule has 18 heavy (non-hydrogen) atoms. The average molecular weight is 281 g/mol. The minimum absolute atomic E-state index is 0.0592. The summed E-state index contributed by atoms with van der Waals surface area (Å²) >= 11 is 7.04. The van der Waals surface area contributed by atoms with E-state index in [0.29, 0.717) is 17.4 Å². The van der Waals surface area contributed by atoms with Gasteiger partial charge in [-0.3, -0.25) is 4.79 Å². The average Bonchev–Trinajstić information content (AvgIpc) is 2.76. The van der Waals surface area contributed by atoms with Gasteiger partial charge in [-0.05, 0) is 12.5 Å². The number of nitrogens with one attached hydrogen (secondary N) is 1. The molecule has 3 nitrogen and oxygen atoms in total. The highest BCUT2D eigenvalue weighted by Gasteiger charge is 2.07. The number of alkyl halides is 1. The normalized spacial score (nSPS) is 10.3. The first-order valence-electron chi connectivity index (χ1n) is 5.53. The molecule has 0 atom stereocenters. The number of rotatable bonds is 4. The molecule has 2 rings (SSSR count). The van der Waals surface area contributed by atoms with Crippen molar-refractivity contribution in [3.8, 4) is 0 Å². The van der Waals surface area contributed by atoms with Crippen LogP contribution in [0.1, 0.15) is 16.8 Å². The van der Waals surface area contributed by atoms with Gasteiger partial charge in [0.1, 0.15) is 0 Å². The zero-order valence-corrected chi connectivity index (χ0v) is 11.5. The van der Waals surface area contributed by atoms with Crippen LogP contribution in [0, 0.1) is 6.92 Å². The maximum Gasteiger partial charge on any atom is 0.230 e. The molecule has 0 aliphatic rings. The molecular formula is C13H13ClN2OS. The van der Waals surface area contributed by atoms with Crippen molar-refractivity contribution >= 4 is 34.0 Å². The van der Waals surface area contributed by atoms with E-state index in [9.17, 15) is 4.79 Å². The summed E-state index contributed by atoms with van der Waals surface area (Å²) in [6.45, 7) is 2.01. The molecule has 0 saturated carbocycles. The van der Waals surface area contributed by atoms with Gasteiger partial charge in [-0.2, -0.15) is 0 Å². The largest absolute Gasteiger partial charge is 0.302 e. The summed E-state index contributed by atoms with van der Waals surface area (Å²) in [5, 5.41) is 5.22. The van der Waals surface area contributed by atoms with Crippen molar-refractivity contribution in [1.29, 1.82) is 0 Å². The molecular weight excluding hydrogens is 268 g/mol. The Labute approximate surface area is 115 Å². The van der Waals surface area contributed by atoms with E-state index in [-0.39, 0.29) is 5.91 Å². The van der Waals surface area contributed by atoms with Gasteiger partial charge >= 0.3 is 0 Å². The van der Waals surface area contributed by atoms with Crippen LogP contribution in [0.3, 0.4) is 0 Å². The molecule has 0 unspecified atom stereocenters. The Balaban J connectivity index is 1.96. The zero-order valence-electron chi connectivity index (χ0n) is 9.94. The molecule has 0 fully saturated rings. The van der Waals surface area contributed by atoms with Crippen LogP contribution in [0.25, 0.3) is 0 Å². The fourth-order valence-electron chi connectivity index (χ4n) is 1.60. The summed E-state index contributed by atoms with van der Waals surface area (Å²) in [5.41, 5.74) is 2.94. The van der Waals surface area contributed by atoms with E-state index in [4.69, 9.17) is 11.6 Å². The standard InChI is InChI=1S/C13H13ClN2OS/c1-9-3-2-4-10(5-9)6-12(17)16-13-15-11(7-14)8-18-13/h2-5,8H,6-7H2,1H3,(H,15,16,17). The molecule has 0 aliphatic carbocycles. The van der Waals surface area contributed by atoms with Crippen molar-refractivity contribution in [2.24, 2.45) is 0 Å². The Morgan fingerprint density at radius 2 is 2.33 bits per heavy atom. The molecule has 1 heterocycles. The Bertz CT molecular complexity index is 553. The molecule has 0 radical (unpaired) electrons. The van der Waals surface area contributed by atoms with Crippen molar-refractivity contribution in [2.45, 2.75) is 19.2 Å². The molecule has 5 heteroatoms. The summed E-state index contributed by atoms with van der Waals surface area (Å²) in [7, 11) is 0. The first-order valence-corrected chi connectivity index (χ1v) is 6.94. The lowest BCUT2D eigenvalue weighted by Gasteiger charge is -2.02. The number of halogens is 1. The number of anilines is 1. The van der Waals surface area contributed by atoms with Crippen molar-refractivity contribution in [1.82, 2.24) is 4.98 Å². The molecule has 0 aliphatic heterocycles. The van der Waals surface area contributed by atoms with Crippen LogP contribution >= 0.6 is 22.9 Å². The molecule has 0 saturated heterocycles. The van der Waals surface area contributed by atoms with Crippen molar-refractivity contribution < 1.29 is 4.79 Å². The zero-order chi connectivity index (χ0) is 13.0. The number of carbonyl (C=O) groups excluding carboxylic acids is 1. The van der Waals surface area contributed by atoms with Crippen LogP contribution in [0.15, 0.2) is 29.6 Å². The minimum atomic E-state index is -0.0592. The van der Waals surface area contributed by atoms with Crippen LogP contribution in [0.5, 0.6) is 0 Å². The SMILES string of the molecule is Cc1cccc(CC(=O)Nc2nc(CCl)cs2)c1. The third kappa shape index (κ3) is 3.55. The number of aromatic nitrogens is 1. The number of nitrogens with zero attached hydrogens (tertiary/aromatic N) is 1. The van der Waals surface area contributed by atoms with Crippen LogP contribution in [-0.4, -0.2) is 10.9 Å². The van der Waals surface area contributed by atoms with E-state index >= 15 is 0 Å². The fraction of sp³-hybridized carbons (Fsp3) is 0.231. The van der Waals surface area contributed by atoms with E-state index < -0.39 is 0 Å². The quantitative estimate of drug-likeness (QED) is 0.873. The van der Waals surface area contributed by atoms with E-state index in [2.05, 4.69) is 10.3 Å². The number of amides is 1. The maximum atomic E-state index is 11.8. The Morgan fingerprint density at radius 1 is 1.50 bits per heavy atom. The molecule has 2 aromatic rings. The van der Waals surface area contributed by atoms with Gasteiger partial charge < -0.3 is 5.32 Å². The first-order chi connectivity index (χ1) is 8.67. The number of hydrogen-bond acceptors (Lipinski definition) is 3. The number of aryl methyl sites for hydroxylation is 1. The fourth-order valence-corrected chi connectivity index (χ4v) is 2.55. The van der Waals surface area contributed by atoms with Gasteiger partial charge in [0.15, 0.2) is 5.13 Å². The van der Waals surface area contributed by atoms with Gasteiger partial charge in [0, 0.05) is 5.38 Å². The van der Waals surface area contributed by atoms with E-state index in [1.54, 1.807) is 0 Å². The van der Waals surface area contributed by atoms with E-state index in [1.807, 2.05) is 36.6 Å². The summed E-state index contributed by atoms with van der Waals surface area (Å²) in [5.74, 6) is 0.306. The highest BCUT2D eigenvalue weighted by Crippen LogP contribution is 2.17. The summed E-state index contributed by atoms with van der Waals surface area (Å²) in [6.07, 6.45) is 0.359. The number of carbonyl (C=O) groups is 1.